The van der Waals surface area contributed by atoms with Crippen LogP contribution in [0.3, 0.4) is 0 Å². The topological polar surface area (TPSA) is 39.6 Å². The van der Waals surface area contributed by atoms with Gasteiger partial charge in [-0.15, -0.1) is 11.3 Å². The third kappa shape index (κ3) is 4.61. The number of aliphatic hydroxyl groups is 1. The normalized spacial score (nSPS) is 16.8. The van der Waals surface area contributed by atoms with Crippen molar-refractivity contribution in [3.05, 3.63) is 51.5 Å². The quantitative estimate of drug-likeness (QED) is 0.883. The fourth-order valence-electron chi connectivity index (χ4n) is 2.93. The van der Waals surface area contributed by atoms with Crippen LogP contribution in [0.1, 0.15) is 28.8 Å². The Morgan fingerprint density at radius 3 is 2.17 bits per heavy atom. The molecule has 5 heteroatoms. The van der Waals surface area contributed by atoms with Gasteiger partial charge in [-0.3, -0.25) is 9.80 Å². The van der Waals surface area contributed by atoms with Crippen molar-refractivity contribution in [2.24, 2.45) is 0 Å². The van der Waals surface area contributed by atoms with Crippen molar-refractivity contribution in [1.29, 1.82) is 0 Å². The van der Waals surface area contributed by atoms with Crippen LogP contribution < -0.4 is 0 Å². The SMILES string of the molecule is CCc1nc(CN2CCN(Cc3ccc(CO)cc3)CC2)cs1. The number of thiazole rings is 1. The first kappa shape index (κ1) is 16.6. The summed E-state index contributed by atoms with van der Waals surface area (Å²) >= 11 is 1.78. The first-order chi connectivity index (χ1) is 11.3. The van der Waals surface area contributed by atoms with E-state index in [2.05, 4.69) is 39.2 Å². The van der Waals surface area contributed by atoms with Gasteiger partial charge in [-0.05, 0) is 17.5 Å². The molecule has 1 N–H and O–H groups in total. The van der Waals surface area contributed by atoms with Crippen LogP contribution in [0.15, 0.2) is 29.6 Å². The van der Waals surface area contributed by atoms with Gasteiger partial charge in [0.25, 0.3) is 0 Å². The standard InChI is InChI=1S/C18H25N3OS/c1-2-18-19-17(14-23-18)12-21-9-7-20(8-10-21)11-15-3-5-16(13-22)6-4-15/h3-6,14,22H,2,7-13H2,1H3. The van der Waals surface area contributed by atoms with Crippen molar-refractivity contribution in [1.82, 2.24) is 14.8 Å². The maximum atomic E-state index is 9.10. The van der Waals surface area contributed by atoms with Crippen molar-refractivity contribution in [2.75, 3.05) is 26.2 Å². The molecular weight excluding hydrogens is 306 g/mol. The Hall–Kier alpha value is -1.27. The van der Waals surface area contributed by atoms with Crippen LogP contribution in [0.4, 0.5) is 0 Å². The van der Waals surface area contributed by atoms with Gasteiger partial charge in [-0.1, -0.05) is 31.2 Å². The van der Waals surface area contributed by atoms with E-state index in [0.717, 1.165) is 51.3 Å². The van der Waals surface area contributed by atoms with Crippen molar-refractivity contribution in [3.8, 4) is 0 Å². The molecule has 0 aliphatic carbocycles. The first-order valence-corrected chi connectivity index (χ1v) is 9.21. The number of nitrogens with zero attached hydrogens (tertiary/aromatic N) is 3. The lowest BCUT2D eigenvalue weighted by Gasteiger charge is -2.34. The number of aliphatic hydroxyl groups excluding tert-OH is 1. The number of hydrogen-bond acceptors (Lipinski definition) is 5. The second-order valence-electron chi connectivity index (χ2n) is 6.11. The van der Waals surface area contributed by atoms with Gasteiger partial charge in [0.1, 0.15) is 0 Å². The summed E-state index contributed by atoms with van der Waals surface area (Å²) in [6, 6.07) is 8.28. The highest BCUT2D eigenvalue weighted by atomic mass is 32.1. The number of aromatic nitrogens is 1. The van der Waals surface area contributed by atoms with Crippen molar-refractivity contribution >= 4 is 11.3 Å². The summed E-state index contributed by atoms with van der Waals surface area (Å²) in [7, 11) is 0. The molecule has 1 saturated heterocycles. The van der Waals surface area contributed by atoms with Crippen LogP contribution in [0.5, 0.6) is 0 Å². The monoisotopic (exact) mass is 331 g/mol. The van der Waals surface area contributed by atoms with Crippen molar-refractivity contribution in [3.63, 3.8) is 0 Å². The van der Waals surface area contributed by atoms with Gasteiger partial charge >= 0.3 is 0 Å². The summed E-state index contributed by atoms with van der Waals surface area (Å²) in [6.45, 7) is 8.68. The van der Waals surface area contributed by atoms with Crippen LogP contribution in [0.2, 0.25) is 0 Å². The van der Waals surface area contributed by atoms with Crippen molar-refractivity contribution < 1.29 is 5.11 Å². The van der Waals surface area contributed by atoms with E-state index in [1.807, 2.05) is 12.1 Å². The highest BCUT2D eigenvalue weighted by molar-refractivity contribution is 7.09. The third-order valence-electron chi connectivity index (χ3n) is 4.36. The molecule has 0 spiro atoms. The van der Waals surface area contributed by atoms with E-state index in [1.165, 1.54) is 16.3 Å². The summed E-state index contributed by atoms with van der Waals surface area (Å²) < 4.78 is 0. The molecule has 0 bridgehead atoms. The number of rotatable bonds is 6. The number of piperazine rings is 1. The third-order valence-corrected chi connectivity index (χ3v) is 5.41. The molecule has 23 heavy (non-hydrogen) atoms. The van der Waals surface area contributed by atoms with Gasteiger partial charge in [-0.25, -0.2) is 4.98 Å². The highest BCUT2D eigenvalue weighted by Crippen LogP contribution is 2.15. The lowest BCUT2D eigenvalue weighted by Crippen LogP contribution is -2.45. The number of hydrogen-bond donors (Lipinski definition) is 1. The Morgan fingerprint density at radius 2 is 1.61 bits per heavy atom. The largest absolute Gasteiger partial charge is 0.392 e. The molecule has 4 nitrogen and oxygen atoms in total. The van der Waals surface area contributed by atoms with Gasteiger partial charge in [0.05, 0.1) is 17.3 Å². The van der Waals surface area contributed by atoms with Crippen LogP contribution in [-0.4, -0.2) is 46.1 Å². The van der Waals surface area contributed by atoms with Gasteiger partial charge in [0.2, 0.25) is 0 Å². The summed E-state index contributed by atoms with van der Waals surface area (Å²) in [6.07, 6.45) is 1.04. The maximum absolute atomic E-state index is 9.10. The molecule has 1 aliphatic heterocycles. The van der Waals surface area contributed by atoms with Crippen molar-refractivity contribution in [2.45, 2.75) is 33.0 Å². The molecule has 2 heterocycles. The van der Waals surface area contributed by atoms with E-state index in [9.17, 15) is 0 Å². The molecule has 0 amide bonds. The molecule has 0 atom stereocenters. The van der Waals surface area contributed by atoms with Crippen LogP contribution in [0.25, 0.3) is 0 Å². The molecule has 124 valence electrons. The second-order valence-corrected chi connectivity index (χ2v) is 7.06. The zero-order chi connectivity index (χ0) is 16.1. The Labute approximate surface area is 142 Å². The summed E-state index contributed by atoms with van der Waals surface area (Å²) in [5, 5.41) is 12.5. The van der Waals surface area contributed by atoms with E-state index in [-0.39, 0.29) is 6.61 Å². The summed E-state index contributed by atoms with van der Waals surface area (Å²) in [5.74, 6) is 0. The predicted octanol–water partition coefficient (Wildman–Crippen LogP) is 2.52. The molecule has 1 aromatic heterocycles. The molecule has 0 radical (unpaired) electrons. The Balaban J connectivity index is 1.46. The van der Waals surface area contributed by atoms with Crippen LogP contribution in [-0.2, 0) is 26.1 Å². The van der Waals surface area contributed by atoms with E-state index in [4.69, 9.17) is 5.11 Å². The second kappa shape index (κ2) is 8.02. The smallest absolute Gasteiger partial charge is 0.0926 e. The summed E-state index contributed by atoms with van der Waals surface area (Å²) in [5.41, 5.74) is 3.52. The first-order valence-electron chi connectivity index (χ1n) is 8.33. The average Bonchev–Trinajstić information content (AvgIpc) is 3.05. The minimum absolute atomic E-state index is 0.120. The molecule has 1 fully saturated rings. The molecule has 0 unspecified atom stereocenters. The maximum Gasteiger partial charge on any atom is 0.0926 e. The molecular formula is C18H25N3OS. The fourth-order valence-corrected chi connectivity index (χ4v) is 3.66. The molecule has 0 saturated carbocycles. The van der Waals surface area contributed by atoms with E-state index in [1.54, 1.807) is 11.3 Å². The Kier molecular flexibility index (Phi) is 5.78. The van der Waals surface area contributed by atoms with Gasteiger partial charge in [0, 0.05) is 44.6 Å². The lowest BCUT2D eigenvalue weighted by atomic mass is 10.1. The minimum atomic E-state index is 0.120. The molecule has 1 aliphatic rings. The van der Waals surface area contributed by atoms with E-state index < -0.39 is 0 Å². The number of benzene rings is 1. The van der Waals surface area contributed by atoms with Gasteiger partial charge < -0.3 is 5.11 Å². The lowest BCUT2D eigenvalue weighted by molar-refractivity contribution is 0.121. The van der Waals surface area contributed by atoms with Gasteiger partial charge in [-0.2, -0.15) is 0 Å². The Morgan fingerprint density at radius 1 is 1.00 bits per heavy atom. The van der Waals surface area contributed by atoms with Gasteiger partial charge in [0.15, 0.2) is 0 Å². The number of aryl methyl sites for hydroxylation is 1. The fraction of sp³-hybridized carbons (Fsp3) is 0.500. The van der Waals surface area contributed by atoms with E-state index in [0.29, 0.717) is 0 Å². The zero-order valence-electron chi connectivity index (χ0n) is 13.7. The predicted molar refractivity (Wildman–Crippen MR) is 94.4 cm³/mol. The van der Waals surface area contributed by atoms with E-state index >= 15 is 0 Å². The summed E-state index contributed by atoms with van der Waals surface area (Å²) in [4.78, 5) is 9.67. The molecule has 2 aromatic rings. The molecule has 1 aromatic carbocycles. The zero-order valence-corrected chi connectivity index (χ0v) is 14.6. The van der Waals surface area contributed by atoms with Crippen LogP contribution >= 0.6 is 11.3 Å². The average molecular weight is 331 g/mol. The highest BCUT2D eigenvalue weighted by Gasteiger charge is 2.17. The van der Waals surface area contributed by atoms with Crippen LogP contribution in [0, 0.1) is 0 Å². The molecule has 3 rings (SSSR count). The Bertz CT molecular complexity index is 603. The minimum Gasteiger partial charge on any atom is -0.392 e.